The number of aliphatic carboxylic acids is 1. The van der Waals surface area contributed by atoms with E-state index in [9.17, 15) is 4.79 Å². The lowest BCUT2D eigenvalue weighted by atomic mass is 10.0. The van der Waals surface area contributed by atoms with E-state index in [0.29, 0.717) is 6.42 Å². The second-order valence-electron chi connectivity index (χ2n) is 3.89. The topological polar surface area (TPSA) is 37.3 Å². The fourth-order valence-corrected chi connectivity index (χ4v) is 1.37. The largest absolute Gasteiger partial charge is 0.480 e. The molecule has 0 saturated carbocycles. The summed E-state index contributed by atoms with van der Waals surface area (Å²) < 4.78 is 0. The summed E-state index contributed by atoms with van der Waals surface area (Å²) in [5, 5.41) is 8.08. The highest BCUT2D eigenvalue weighted by Gasteiger charge is 2.10. The zero-order valence-corrected chi connectivity index (χ0v) is 9.39. The molecule has 0 heterocycles. The van der Waals surface area contributed by atoms with Crippen molar-refractivity contribution in [1.82, 2.24) is 0 Å². The third-order valence-electron chi connectivity index (χ3n) is 2.04. The normalized spacial score (nSPS) is 13.2. The van der Waals surface area contributed by atoms with Crippen LogP contribution in [-0.4, -0.2) is 16.3 Å². The zero-order valence-electron chi connectivity index (χ0n) is 8.49. The molecule has 0 aromatic heterocycles. The van der Waals surface area contributed by atoms with Crippen molar-refractivity contribution in [2.24, 2.45) is 5.92 Å². The van der Waals surface area contributed by atoms with Gasteiger partial charge < -0.3 is 5.11 Å². The number of rotatable bonds is 7. The average Bonchev–Trinajstić information content (AvgIpc) is 2.02. The van der Waals surface area contributed by atoms with Crippen LogP contribution in [0.2, 0.25) is 0 Å². The molecule has 0 radical (unpaired) electrons. The molecule has 0 spiro atoms. The molecular weight excluding hydrogens is 184 g/mol. The molecule has 0 aliphatic rings. The Morgan fingerprint density at radius 1 is 1.23 bits per heavy atom. The molecule has 0 aliphatic heterocycles. The van der Waals surface area contributed by atoms with Crippen LogP contribution in [0.25, 0.3) is 0 Å². The first kappa shape index (κ1) is 12.8. The Balaban J connectivity index is 3.21. The molecule has 0 rings (SSSR count). The van der Waals surface area contributed by atoms with Gasteiger partial charge >= 0.3 is 5.97 Å². The molecule has 0 aromatic rings. The molecule has 0 saturated heterocycles. The first-order valence-electron chi connectivity index (χ1n) is 4.95. The third-order valence-corrected chi connectivity index (χ3v) is 2.52. The summed E-state index contributed by atoms with van der Waals surface area (Å²) in [5.74, 6) is -0.0431. The monoisotopic (exact) mass is 204 g/mol. The summed E-state index contributed by atoms with van der Waals surface area (Å²) in [6.45, 7) is 4.41. The van der Waals surface area contributed by atoms with E-state index in [2.05, 4.69) is 26.5 Å². The molecule has 13 heavy (non-hydrogen) atoms. The Morgan fingerprint density at radius 2 is 1.77 bits per heavy atom. The van der Waals surface area contributed by atoms with Crippen molar-refractivity contribution in [2.45, 2.75) is 51.2 Å². The second kappa shape index (κ2) is 7.25. The molecule has 78 valence electrons. The van der Waals surface area contributed by atoms with Gasteiger partial charge in [-0.25, -0.2) is 0 Å². The molecule has 3 heteroatoms. The van der Waals surface area contributed by atoms with Gasteiger partial charge in [0.15, 0.2) is 0 Å². The van der Waals surface area contributed by atoms with Crippen molar-refractivity contribution >= 4 is 18.6 Å². The van der Waals surface area contributed by atoms with E-state index in [0.717, 1.165) is 18.8 Å². The maximum absolute atomic E-state index is 10.4. The van der Waals surface area contributed by atoms with E-state index in [1.54, 1.807) is 0 Å². The highest BCUT2D eigenvalue weighted by atomic mass is 32.1. The number of unbranched alkanes of at least 4 members (excludes halogenated alkanes) is 2. The van der Waals surface area contributed by atoms with E-state index in [1.807, 2.05) is 0 Å². The Labute approximate surface area is 86.1 Å². The average molecular weight is 204 g/mol. The van der Waals surface area contributed by atoms with E-state index >= 15 is 0 Å². The SMILES string of the molecule is CC(C)CCCCCC(S)C(=O)O. The van der Waals surface area contributed by atoms with Crippen LogP contribution < -0.4 is 0 Å². The smallest absolute Gasteiger partial charge is 0.316 e. The van der Waals surface area contributed by atoms with Gasteiger partial charge in [-0.05, 0) is 12.3 Å². The summed E-state index contributed by atoms with van der Waals surface area (Å²) in [6, 6.07) is 0. The van der Waals surface area contributed by atoms with Crippen molar-refractivity contribution < 1.29 is 9.90 Å². The predicted molar refractivity (Wildman–Crippen MR) is 58.3 cm³/mol. The molecule has 0 fully saturated rings. The zero-order chi connectivity index (χ0) is 10.3. The van der Waals surface area contributed by atoms with Gasteiger partial charge in [0.2, 0.25) is 0 Å². The second-order valence-corrected chi connectivity index (χ2v) is 4.51. The van der Waals surface area contributed by atoms with Crippen molar-refractivity contribution in [2.75, 3.05) is 0 Å². The number of hydrogen-bond acceptors (Lipinski definition) is 2. The summed E-state index contributed by atoms with van der Waals surface area (Å²) in [5.41, 5.74) is 0. The Morgan fingerprint density at radius 3 is 2.23 bits per heavy atom. The van der Waals surface area contributed by atoms with E-state index < -0.39 is 11.2 Å². The number of carboxylic acids is 1. The van der Waals surface area contributed by atoms with Crippen LogP contribution in [0.1, 0.15) is 46.0 Å². The first-order valence-corrected chi connectivity index (χ1v) is 5.46. The van der Waals surface area contributed by atoms with E-state index in [4.69, 9.17) is 5.11 Å². The summed E-state index contributed by atoms with van der Waals surface area (Å²) >= 11 is 3.97. The fraction of sp³-hybridized carbons (Fsp3) is 0.900. The highest BCUT2D eigenvalue weighted by Crippen LogP contribution is 2.12. The molecule has 0 aliphatic carbocycles. The van der Waals surface area contributed by atoms with Crippen LogP contribution in [0.5, 0.6) is 0 Å². The number of carbonyl (C=O) groups is 1. The van der Waals surface area contributed by atoms with Crippen LogP contribution in [-0.2, 0) is 4.79 Å². The molecule has 0 amide bonds. The van der Waals surface area contributed by atoms with Gasteiger partial charge in [0, 0.05) is 0 Å². The van der Waals surface area contributed by atoms with Crippen LogP contribution >= 0.6 is 12.6 Å². The van der Waals surface area contributed by atoms with Crippen molar-refractivity contribution in [3.8, 4) is 0 Å². The van der Waals surface area contributed by atoms with Gasteiger partial charge in [-0.3, -0.25) is 4.79 Å². The lowest BCUT2D eigenvalue weighted by molar-refractivity contribution is -0.136. The molecule has 1 atom stereocenters. The van der Waals surface area contributed by atoms with Gasteiger partial charge in [0.25, 0.3) is 0 Å². The summed E-state index contributed by atoms with van der Waals surface area (Å²) in [4.78, 5) is 10.4. The van der Waals surface area contributed by atoms with Crippen LogP contribution in [0.3, 0.4) is 0 Å². The molecule has 2 nitrogen and oxygen atoms in total. The lowest BCUT2D eigenvalue weighted by Crippen LogP contribution is -2.12. The minimum atomic E-state index is -0.799. The summed E-state index contributed by atoms with van der Waals surface area (Å²) in [6.07, 6.45) is 5.24. The summed E-state index contributed by atoms with van der Waals surface area (Å²) in [7, 11) is 0. The third kappa shape index (κ3) is 8.16. The fourth-order valence-electron chi connectivity index (χ4n) is 1.19. The minimum absolute atomic E-state index is 0.473. The minimum Gasteiger partial charge on any atom is -0.480 e. The van der Waals surface area contributed by atoms with Crippen molar-refractivity contribution in [1.29, 1.82) is 0 Å². The maximum atomic E-state index is 10.4. The van der Waals surface area contributed by atoms with Gasteiger partial charge in [-0.15, -0.1) is 0 Å². The predicted octanol–water partition coefficient (Wildman–Crippen LogP) is 2.98. The Hall–Kier alpha value is -0.180. The first-order chi connectivity index (χ1) is 6.04. The molecule has 0 aromatic carbocycles. The van der Waals surface area contributed by atoms with Crippen molar-refractivity contribution in [3.63, 3.8) is 0 Å². The van der Waals surface area contributed by atoms with Crippen LogP contribution in [0, 0.1) is 5.92 Å². The van der Waals surface area contributed by atoms with Crippen LogP contribution in [0.4, 0.5) is 0 Å². The number of thiol groups is 1. The number of hydrogen-bond donors (Lipinski definition) is 2. The van der Waals surface area contributed by atoms with Gasteiger partial charge in [-0.2, -0.15) is 12.6 Å². The van der Waals surface area contributed by atoms with Crippen molar-refractivity contribution in [3.05, 3.63) is 0 Å². The van der Waals surface area contributed by atoms with Gasteiger partial charge in [0.05, 0.1) is 5.25 Å². The van der Waals surface area contributed by atoms with Gasteiger partial charge in [-0.1, -0.05) is 39.5 Å². The molecule has 1 N–H and O–H groups in total. The standard InChI is InChI=1S/C10H20O2S/c1-8(2)6-4-3-5-7-9(13)10(11)12/h8-9,13H,3-7H2,1-2H3,(H,11,12). The lowest BCUT2D eigenvalue weighted by Gasteiger charge is -2.06. The Bertz CT molecular complexity index is 146. The molecule has 0 bridgehead atoms. The quantitative estimate of drug-likeness (QED) is 0.494. The van der Waals surface area contributed by atoms with Gasteiger partial charge in [0.1, 0.15) is 0 Å². The highest BCUT2D eigenvalue weighted by molar-refractivity contribution is 7.81. The molecule has 1 unspecified atom stereocenters. The maximum Gasteiger partial charge on any atom is 0.316 e. The Kier molecular flexibility index (Phi) is 7.14. The van der Waals surface area contributed by atoms with Crippen LogP contribution in [0.15, 0.2) is 0 Å². The van der Waals surface area contributed by atoms with E-state index in [1.165, 1.54) is 12.8 Å². The molecular formula is C10H20O2S. The van der Waals surface area contributed by atoms with E-state index in [-0.39, 0.29) is 0 Å². The number of carboxylic acid groups (broad SMARTS) is 1.